The molecule has 0 unspecified atom stereocenters. The number of hydrogen-bond donors (Lipinski definition) is 0. The number of anilines is 2. The van der Waals surface area contributed by atoms with Crippen molar-refractivity contribution in [2.75, 3.05) is 42.5 Å². The van der Waals surface area contributed by atoms with Crippen LogP contribution < -0.4 is 9.80 Å². The zero-order valence-corrected chi connectivity index (χ0v) is 16.8. The number of likely N-dealkylation sites (tertiary alicyclic amines) is 1. The standard InChI is InChI=1S/C22H33N3O2/c1-18-10-15-23(16-11-18)20-6-8-21(9-7-20)25(19(2)26)17-12-22(27)24-13-4-3-5-14-24/h6-9,18H,3-5,10-17H2,1-2H3. The maximum Gasteiger partial charge on any atom is 0.224 e. The first-order valence-electron chi connectivity index (χ1n) is 10.5. The molecule has 0 spiro atoms. The third-order valence-electron chi connectivity index (χ3n) is 5.95. The molecule has 0 saturated carbocycles. The molecule has 5 heteroatoms. The molecule has 2 amide bonds. The van der Waals surface area contributed by atoms with Crippen LogP contribution in [0.2, 0.25) is 0 Å². The Labute approximate surface area is 163 Å². The lowest BCUT2D eigenvalue weighted by molar-refractivity contribution is -0.131. The lowest BCUT2D eigenvalue weighted by atomic mass is 9.99. The van der Waals surface area contributed by atoms with E-state index in [4.69, 9.17) is 0 Å². The second kappa shape index (κ2) is 9.25. The van der Waals surface area contributed by atoms with Crippen LogP contribution in [0.4, 0.5) is 11.4 Å². The van der Waals surface area contributed by atoms with E-state index in [1.165, 1.54) is 24.9 Å². The summed E-state index contributed by atoms with van der Waals surface area (Å²) in [6.07, 6.45) is 6.27. The lowest BCUT2D eigenvalue weighted by Gasteiger charge is -2.32. The molecule has 0 atom stereocenters. The van der Waals surface area contributed by atoms with E-state index in [1.807, 2.05) is 17.0 Å². The average molecular weight is 372 g/mol. The first kappa shape index (κ1) is 19.7. The van der Waals surface area contributed by atoms with Gasteiger partial charge in [-0.1, -0.05) is 6.92 Å². The van der Waals surface area contributed by atoms with Crippen LogP contribution in [0, 0.1) is 5.92 Å². The van der Waals surface area contributed by atoms with Gasteiger partial charge in [-0.15, -0.1) is 0 Å². The van der Waals surface area contributed by atoms with Crippen molar-refractivity contribution in [1.82, 2.24) is 4.90 Å². The van der Waals surface area contributed by atoms with Crippen molar-refractivity contribution in [2.45, 2.75) is 52.4 Å². The molecule has 2 aliphatic heterocycles. The molecule has 0 aliphatic carbocycles. The minimum atomic E-state index is -0.0130. The van der Waals surface area contributed by atoms with Crippen LogP contribution in [0.1, 0.15) is 52.4 Å². The van der Waals surface area contributed by atoms with E-state index in [1.54, 1.807) is 11.8 Å². The van der Waals surface area contributed by atoms with Crippen molar-refractivity contribution in [3.8, 4) is 0 Å². The summed E-state index contributed by atoms with van der Waals surface area (Å²) in [5.41, 5.74) is 2.10. The highest BCUT2D eigenvalue weighted by Gasteiger charge is 2.20. The van der Waals surface area contributed by atoms with E-state index in [-0.39, 0.29) is 11.8 Å². The summed E-state index contributed by atoms with van der Waals surface area (Å²) in [4.78, 5) is 30.7. The van der Waals surface area contributed by atoms with Gasteiger partial charge in [0.05, 0.1) is 0 Å². The summed E-state index contributed by atoms with van der Waals surface area (Å²) < 4.78 is 0. The number of amides is 2. The highest BCUT2D eigenvalue weighted by atomic mass is 16.2. The van der Waals surface area contributed by atoms with Crippen LogP contribution in [-0.4, -0.2) is 49.4 Å². The van der Waals surface area contributed by atoms with Crippen LogP contribution in [0.15, 0.2) is 24.3 Å². The van der Waals surface area contributed by atoms with Gasteiger partial charge >= 0.3 is 0 Å². The summed E-state index contributed by atoms with van der Waals surface area (Å²) in [6, 6.07) is 8.24. The van der Waals surface area contributed by atoms with Crippen molar-refractivity contribution >= 4 is 23.2 Å². The molecule has 0 radical (unpaired) electrons. The highest BCUT2D eigenvalue weighted by Crippen LogP contribution is 2.26. The minimum Gasteiger partial charge on any atom is -0.372 e. The Kier molecular flexibility index (Phi) is 6.75. The SMILES string of the molecule is CC(=O)N(CCC(=O)N1CCCCC1)c1ccc(N2CCC(C)CC2)cc1. The van der Waals surface area contributed by atoms with Gasteiger partial charge in [-0.3, -0.25) is 9.59 Å². The summed E-state index contributed by atoms with van der Waals surface area (Å²) in [5, 5.41) is 0. The van der Waals surface area contributed by atoms with E-state index >= 15 is 0 Å². The Morgan fingerprint density at radius 3 is 2.22 bits per heavy atom. The van der Waals surface area contributed by atoms with E-state index in [9.17, 15) is 9.59 Å². The average Bonchev–Trinajstić information content (AvgIpc) is 2.69. The molecule has 3 rings (SSSR count). The zero-order valence-electron chi connectivity index (χ0n) is 16.8. The topological polar surface area (TPSA) is 43.9 Å². The normalized spacial score (nSPS) is 18.4. The second-order valence-corrected chi connectivity index (χ2v) is 8.05. The fourth-order valence-electron chi connectivity index (χ4n) is 4.09. The molecule has 2 fully saturated rings. The van der Waals surface area contributed by atoms with E-state index in [2.05, 4.69) is 24.0 Å². The Morgan fingerprint density at radius 1 is 1.00 bits per heavy atom. The summed E-state index contributed by atoms with van der Waals surface area (Å²) in [7, 11) is 0. The second-order valence-electron chi connectivity index (χ2n) is 8.05. The van der Waals surface area contributed by atoms with Crippen LogP contribution >= 0.6 is 0 Å². The Balaban J connectivity index is 1.59. The van der Waals surface area contributed by atoms with Gasteiger partial charge in [0.2, 0.25) is 11.8 Å². The number of carbonyl (C=O) groups excluding carboxylic acids is 2. The van der Waals surface area contributed by atoms with Crippen LogP contribution in [0.25, 0.3) is 0 Å². The predicted octanol–water partition coefficient (Wildman–Crippen LogP) is 3.68. The first-order chi connectivity index (χ1) is 13.0. The lowest BCUT2D eigenvalue weighted by Crippen LogP contribution is -2.39. The van der Waals surface area contributed by atoms with Gasteiger partial charge in [-0.05, 0) is 62.3 Å². The molecule has 1 aromatic rings. The van der Waals surface area contributed by atoms with Crippen molar-refractivity contribution in [3.63, 3.8) is 0 Å². The molecule has 2 saturated heterocycles. The number of rotatable bonds is 5. The minimum absolute atomic E-state index is 0.0130. The molecule has 148 valence electrons. The summed E-state index contributed by atoms with van der Waals surface area (Å²) >= 11 is 0. The molecule has 0 aromatic heterocycles. The zero-order chi connectivity index (χ0) is 19.2. The van der Waals surface area contributed by atoms with Gasteiger partial charge in [0.1, 0.15) is 0 Å². The quantitative estimate of drug-likeness (QED) is 0.793. The number of benzene rings is 1. The largest absolute Gasteiger partial charge is 0.372 e. The van der Waals surface area contributed by atoms with Crippen molar-refractivity contribution in [3.05, 3.63) is 24.3 Å². The Bertz CT molecular complexity index is 629. The monoisotopic (exact) mass is 371 g/mol. The molecule has 0 bridgehead atoms. The van der Waals surface area contributed by atoms with E-state index < -0.39 is 0 Å². The van der Waals surface area contributed by atoms with Crippen molar-refractivity contribution < 1.29 is 9.59 Å². The first-order valence-corrected chi connectivity index (χ1v) is 10.5. The third kappa shape index (κ3) is 5.24. The molecule has 1 aromatic carbocycles. The van der Waals surface area contributed by atoms with Gasteiger partial charge < -0.3 is 14.7 Å². The maximum atomic E-state index is 12.4. The van der Waals surface area contributed by atoms with Gasteiger partial charge in [0.15, 0.2) is 0 Å². The van der Waals surface area contributed by atoms with Gasteiger partial charge in [-0.25, -0.2) is 0 Å². The van der Waals surface area contributed by atoms with Gasteiger partial charge in [0, 0.05) is 57.4 Å². The molecule has 0 N–H and O–H groups in total. The molecular weight excluding hydrogens is 338 g/mol. The van der Waals surface area contributed by atoms with Gasteiger partial charge in [-0.2, -0.15) is 0 Å². The Morgan fingerprint density at radius 2 is 1.63 bits per heavy atom. The summed E-state index contributed by atoms with van der Waals surface area (Å²) in [6.45, 7) is 8.26. The third-order valence-corrected chi connectivity index (χ3v) is 5.95. The van der Waals surface area contributed by atoms with Crippen LogP contribution in [0.3, 0.4) is 0 Å². The number of hydrogen-bond acceptors (Lipinski definition) is 3. The molecule has 2 heterocycles. The molecule has 5 nitrogen and oxygen atoms in total. The summed E-state index contributed by atoms with van der Waals surface area (Å²) in [5.74, 6) is 0.965. The van der Waals surface area contributed by atoms with Crippen molar-refractivity contribution in [1.29, 1.82) is 0 Å². The van der Waals surface area contributed by atoms with E-state index in [0.717, 1.165) is 50.6 Å². The number of nitrogens with zero attached hydrogens (tertiary/aromatic N) is 3. The number of carbonyl (C=O) groups is 2. The van der Waals surface area contributed by atoms with Crippen LogP contribution in [0.5, 0.6) is 0 Å². The smallest absolute Gasteiger partial charge is 0.224 e. The van der Waals surface area contributed by atoms with Gasteiger partial charge in [0.25, 0.3) is 0 Å². The molecule has 27 heavy (non-hydrogen) atoms. The fourth-order valence-corrected chi connectivity index (χ4v) is 4.09. The maximum absolute atomic E-state index is 12.4. The number of piperidine rings is 2. The highest BCUT2D eigenvalue weighted by molar-refractivity contribution is 5.92. The molecule has 2 aliphatic rings. The van der Waals surface area contributed by atoms with Crippen LogP contribution in [-0.2, 0) is 9.59 Å². The fraction of sp³-hybridized carbons (Fsp3) is 0.636. The predicted molar refractivity (Wildman–Crippen MR) is 110 cm³/mol. The van der Waals surface area contributed by atoms with Crippen molar-refractivity contribution in [2.24, 2.45) is 5.92 Å². The Hall–Kier alpha value is -2.04. The molecular formula is C22H33N3O2. The van der Waals surface area contributed by atoms with E-state index in [0.29, 0.717) is 13.0 Å².